The van der Waals surface area contributed by atoms with Crippen molar-refractivity contribution in [2.45, 2.75) is 38.9 Å². The van der Waals surface area contributed by atoms with Crippen molar-refractivity contribution < 1.29 is 164 Å². The van der Waals surface area contributed by atoms with E-state index < -0.39 is 13.9 Å². The van der Waals surface area contributed by atoms with E-state index >= 15 is 0 Å². The molecular weight excluding hydrogens is 981 g/mol. The van der Waals surface area contributed by atoms with Gasteiger partial charge in [-0.2, -0.15) is 20.3 Å². The predicted molar refractivity (Wildman–Crippen MR) is 100 cm³/mol. The molecule has 1 saturated heterocycles. The van der Waals surface area contributed by atoms with Gasteiger partial charge < -0.3 is 38.8 Å². The minimum atomic E-state index is -1.46. The number of aliphatic hydroxyl groups is 2. The van der Waals surface area contributed by atoms with E-state index in [4.69, 9.17) is 14.4 Å². The second-order valence-corrected chi connectivity index (χ2v) is 8.33. The fourth-order valence-corrected chi connectivity index (χ4v) is 4.23. The standard InChI is InChI=1S/C9H18O3P.C7H12O.CH3OP.2W.3Y/c1-3-8-7(6-13(2)11)4-12-5-9(8)10;1-2-6-4-3-5-7(6)8;1-3-2;;;;;/h3,7-10,13H,4-6H2,1-2H3;2,4,6-8H,3,5H2,1H3;1H3;;;;;/q-1;-2;;;;;;. The molecule has 2 rings (SSSR count). The fraction of sp³-hybridized carbons (Fsp3) is 0.824. The Kier molecular flexibility index (Phi) is 50.3. The van der Waals surface area contributed by atoms with E-state index in [0.717, 1.165) is 12.8 Å². The van der Waals surface area contributed by atoms with Crippen molar-refractivity contribution in [1.29, 1.82) is 0 Å². The average molecular weight is 1010 g/mol. The van der Waals surface area contributed by atoms with E-state index in [-0.39, 0.29) is 167 Å². The Hall–Kier alpha value is 4.90. The van der Waals surface area contributed by atoms with Gasteiger partial charge in [0.1, 0.15) is 0 Å². The molecule has 0 spiro atoms. The van der Waals surface area contributed by atoms with Gasteiger partial charge >= 0.3 is 0 Å². The summed E-state index contributed by atoms with van der Waals surface area (Å²) in [7, 11) is -1.29. The molecule has 3 radical (unpaired) electrons. The van der Waals surface area contributed by atoms with E-state index in [1.807, 2.05) is 20.3 Å². The average Bonchev–Trinajstić information content (AvgIpc) is 2.94. The van der Waals surface area contributed by atoms with Crippen LogP contribution in [0.3, 0.4) is 0 Å². The Balaban J connectivity index is -0.0000000730. The zero-order valence-corrected chi connectivity index (χ0v) is 34.0. The molecule has 2 N–H and O–H groups in total. The second kappa shape index (κ2) is 30.9. The summed E-state index contributed by atoms with van der Waals surface area (Å²) < 4.78 is 25.3. The summed E-state index contributed by atoms with van der Waals surface area (Å²) in [5.41, 5.74) is 0. The molecule has 0 bridgehead atoms. The number of hydrogen-bond acceptors (Lipinski definition) is 5. The summed E-state index contributed by atoms with van der Waals surface area (Å²) in [6.07, 6.45) is 8.46. The zero-order valence-electron chi connectivity index (χ0n) is 17.8. The maximum Gasteiger partial charge on any atom is 0.151 e. The number of hydrogen-bond donors (Lipinski definition) is 2. The molecule has 1 aliphatic carbocycles. The maximum absolute atomic E-state index is 11.1. The van der Waals surface area contributed by atoms with Crippen LogP contribution in [0.5, 0.6) is 0 Å². The van der Waals surface area contributed by atoms with Crippen molar-refractivity contribution in [2.75, 3.05) is 32.7 Å². The van der Waals surface area contributed by atoms with Crippen LogP contribution in [0.25, 0.3) is 0 Å². The molecule has 6 atom stereocenters. The molecule has 0 aromatic carbocycles. The van der Waals surface area contributed by atoms with Crippen LogP contribution in [0.15, 0.2) is 0 Å². The van der Waals surface area contributed by atoms with E-state index in [1.54, 1.807) is 13.3 Å². The first-order valence-corrected chi connectivity index (χ1v) is 11.9. The smallest absolute Gasteiger partial charge is 0.151 e. The summed E-state index contributed by atoms with van der Waals surface area (Å²) in [5.74, 6) is 0.766. The molecule has 29 heavy (non-hydrogen) atoms. The number of aliphatic hydroxyl groups excluding tert-OH is 2. The van der Waals surface area contributed by atoms with Crippen molar-refractivity contribution in [2.24, 2.45) is 17.8 Å². The van der Waals surface area contributed by atoms with Gasteiger partial charge in [0.2, 0.25) is 0 Å². The quantitative estimate of drug-likeness (QED) is 0.335. The van der Waals surface area contributed by atoms with Crippen LogP contribution in [-0.2, 0) is 154 Å². The van der Waals surface area contributed by atoms with Gasteiger partial charge in [-0.1, -0.05) is 6.42 Å². The zero-order chi connectivity index (χ0) is 18.5. The van der Waals surface area contributed by atoms with Gasteiger partial charge in [-0.3, -0.25) is 10.5 Å². The van der Waals surface area contributed by atoms with Gasteiger partial charge in [-0.15, -0.1) is 5.92 Å². The Morgan fingerprint density at radius 1 is 1.10 bits per heavy atom. The molecular formula is C17H33O5P2W2Y3-3. The predicted octanol–water partition coefficient (Wildman–Crippen LogP) is 3.10. The number of ether oxygens (including phenoxy) is 1. The molecule has 1 aliphatic heterocycles. The summed E-state index contributed by atoms with van der Waals surface area (Å²) in [4.78, 5) is 0. The maximum atomic E-state index is 11.1. The Labute approximate surface area is 284 Å². The van der Waals surface area contributed by atoms with E-state index in [9.17, 15) is 9.67 Å². The summed E-state index contributed by atoms with van der Waals surface area (Å²) in [6.45, 7) is 8.29. The molecule has 1 saturated carbocycles. The third kappa shape index (κ3) is 23.1. The van der Waals surface area contributed by atoms with Crippen LogP contribution in [0.2, 0.25) is 0 Å². The van der Waals surface area contributed by atoms with Gasteiger partial charge in [0.15, 0.2) is 8.46 Å². The van der Waals surface area contributed by atoms with Crippen molar-refractivity contribution in [3.63, 3.8) is 0 Å². The molecule has 1 heterocycles. The molecule has 0 amide bonds. The van der Waals surface area contributed by atoms with Gasteiger partial charge in [0.05, 0.1) is 20.5 Å². The molecule has 6 unspecified atom stereocenters. The fourth-order valence-electron chi connectivity index (χ4n) is 3.10. The summed E-state index contributed by atoms with van der Waals surface area (Å²) in [6, 6.07) is 0. The van der Waals surface area contributed by atoms with E-state index in [1.165, 1.54) is 0 Å². The second-order valence-electron chi connectivity index (χ2n) is 6.16. The SMILES string of the molecule is CP=O.C[CH-]C1C(O)COCC1C[PH](C)=O.C[CH-]C1[CH-]CCC1O.[W].[W].[Y].[Y].[Y]. The first kappa shape index (κ1) is 47.1. The minimum absolute atomic E-state index is 0. The Morgan fingerprint density at radius 3 is 1.93 bits per heavy atom. The van der Waals surface area contributed by atoms with Crippen LogP contribution < -0.4 is 0 Å². The largest absolute Gasteiger partial charge is 0.398 e. The van der Waals surface area contributed by atoms with Gasteiger partial charge in [-0.05, 0) is 12.6 Å². The minimum Gasteiger partial charge on any atom is -0.398 e. The Bertz CT molecular complexity index is 378. The van der Waals surface area contributed by atoms with Crippen molar-refractivity contribution in [1.82, 2.24) is 0 Å². The third-order valence-electron chi connectivity index (χ3n) is 4.27. The van der Waals surface area contributed by atoms with E-state index in [0.29, 0.717) is 25.3 Å². The molecule has 2 fully saturated rings. The monoisotopic (exact) mass is 1010 g/mol. The van der Waals surface area contributed by atoms with Crippen LogP contribution >= 0.6 is 16.3 Å². The first-order valence-electron chi connectivity index (χ1n) is 8.48. The Morgan fingerprint density at radius 2 is 1.62 bits per heavy atom. The first-order chi connectivity index (χ1) is 11.4. The van der Waals surface area contributed by atoms with Gasteiger partial charge in [-0.25, -0.2) is 0 Å². The molecule has 2 aliphatic rings. The summed E-state index contributed by atoms with van der Waals surface area (Å²) in [5, 5.41) is 18.7. The topological polar surface area (TPSA) is 83.8 Å². The molecule has 5 nitrogen and oxygen atoms in total. The molecule has 0 aromatic heterocycles. The molecule has 165 valence electrons. The van der Waals surface area contributed by atoms with Crippen molar-refractivity contribution in [3.05, 3.63) is 19.3 Å². The normalized spacial score (nSPS) is 28.0. The van der Waals surface area contributed by atoms with Crippen molar-refractivity contribution in [3.8, 4) is 0 Å². The molecule has 12 heteroatoms. The van der Waals surface area contributed by atoms with Gasteiger partial charge in [0, 0.05) is 166 Å². The van der Waals surface area contributed by atoms with Crippen LogP contribution in [0.4, 0.5) is 0 Å². The van der Waals surface area contributed by atoms with Gasteiger partial charge in [0.25, 0.3) is 0 Å². The van der Waals surface area contributed by atoms with E-state index in [2.05, 4.69) is 12.8 Å². The molecule has 0 aromatic rings. The summed E-state index contributed by atoms with van der Waals surface area (Å²) >= 11 is 0. The number of rotatable bonds is 4. The van der Waals surface area contributed by atoms with Crippen LogP contribution in [0.1, 0.15) is 26.7 Å². The van der Waals surface area contributed by atoms with Crippen LogP contribution in [-0.4, -0.2) is 55.1 Å². The van der Waals surface area contributed by atoms with Crippen molar-refractivity contribution >= 4 is 16.3 Å². The van der Waals surface area contributed by atoms with Crippen LogP contribution in [0, 0.1) is 37.0 Å². The third-order valence-corrected chi connectivity index (χ3v) is 5.37.